The second kappa shape index (κ2) is 12.1. The predicted octanol–water partition coefficient (Wildman–Crippen LogP) is 5.85. The Morgan fingerprint density at radius 1 is 1.05 bits per heavy atom. The van der Waals surface area contributed by atoms with Crippen LogP contribution >= 0.6 is 11.8 Å². The summed E-state index contributed by atoms with van der Waals surface area (Å²) in [5.74, 6) is -0.528. The zero-order chi connectivity index (χ0) is 28.0. The van der Waals surface area contributed by atoms with Crippen molar-refractivity contribution in [3.63, 3.8) is 0 Å². The number of halogens is 3. The van der Waals surface area contributed by atoms with Crippen LogP contribution in [0.2, 0.25) is 0 Å². The quantitative estimate of drug-likeness (QED) is 0.281. The summed E-state index contributed by atoms with van der Waals surface area (Å²) in [6, 6.07) is 22.4. The van der Waals surface area contributed by atoms with E-state index < -0.39 is 28.8 Å². The summed E-state index contributed by atoms with van der Waals surface area (Å²) < 4.78 is 45.2. The summed E-state index contributed by atoms with van der Waals surface area (Å²) in [5, 5.41) is 11.9. The lowest BCUT2D eigenvalue weighted by molar-refractivity contribution is -0.137. The smallest absolute Gasteiger partial charge is 0.416 e. The zero-order valence-corrected chi connectivity index (χ0v) is 21.7. The van der Waals surface area contributed by atoms with Crippen LogP contribution in [0.1, 0.15) is 23.6 Å². The molecule has 1 atom stereocenters. The molecule has 4 rings (SSSR count). The van der Waals surface area contributed by atoms with E-state index in [1.807, 2.05) is 43.3 Å². The van der Waals surface area contributed by atoms with Crippen molar-refractivity contribution in [2.24, 2.45) is 0 Å². The third-order valence-electron chi connectivity index (χ3n) is 5.88. The Morgan fingerprint density at radius 2 is 1.74 bits per heavy atom. The summed E-state index contributed by atoms with van der Waals surface area (Å²) in [7, 11) is 0. The first kappa shape index (κ1) is 27.8. The molecule has 0 saturated carbocycles. The van der Waals surface area contributed by atoms with E-state index in [1.54, 1.807) is 24.3 Å². The average Bonchev–Trinajstić information content (AvgIpc) is 3.24. The molecule has 3 aromatic carbocycles. The second-order valence-electron chi connectivity index (χ2n) is 8.57. The van der Waals surface area contributed by atoms with Crippen LogP contribution in [0.5, 0.6) is 5.75 Å². The fourth-order valence-electron chi connectivity index (χ4n) is 4.04. The lowest BCUT2D eigenvalue weighted by Crippen LogP contribution is -2.32. The maximum Gasteiger partial charge on any atom is 0.416 e. The SMILES string of the molecule is CCOc1ccc(N2C(=O)C(Cc3cccc(C(F)(F)F)c3)S/C2=C(/C#N)C(=O)NCc2ccccc2)cc1. The van der Waals surface area contributed by atoms with Gasteiger partial charge in [0.1, 0.15) is 22.4 Å². The molecule has 39 heavy (non-hydrogen) atoms. The van der Waals surface area contributed by atoms with Crippen LogP contribution in [-0.4, -0.2) is 23.7 Å². The van der Waals surface area contributed by atoms with Crippen molar-refractivity contribution in [3.05, 3.63) is 106 Å². The van der Waals surface area contributed by atoms with Gasteiger partial charge in [0.05, 0.1) is 17.4 Å². The van der Waals surface area contributed by atoms with Crippen molar-refractivity contribution in [1.29, 1.82) is 5.26 Å². The van der Waals surface area contributed by atoms with E-state index in [1.165, 1.54) is 17.0 Å². The molecule has 0 bridgehead atoms. The first-order valence-corrected chi connectivity index (χ1v) is 13.0. The summed E-state index contributed by atoms with van der Waals surface area (Å²) in [4.78, 5) is 28.0. The van der Waals surface area contributed by atoms with Crippen LogP contribution < -0.4 is 15.0 Å². The zero-order valence-electron chi connectivity index (χ0n) is 20.9. The number of rotatable bonds is 8. The van der Waals surface area contributed by atoms with Crippen molar-refractivity contribution in [3.8, 4) is 11.8 Å². The van der Waals surface area contributed by atoms with Crippen molar-refractivity contribution >= 4 is 29.3 Å². The summed E-state index contributed by atoms with van der Waals surface area (Å²) in [5.41, 5.74) is 0.475. The van der Waals surface area contributed by atoms with E-state index in [0.29, 0.717) is 23.6 Å². The number of carbonyl (C=O) groups excluding carboxylic acids is 2. The number of alkyl halides is 3. The molecule has 0 spiro atoms. The molecule has 6 nitrogen and oxygen atoms in total. The van der Waals surface area contributed by atoms with Gasteiger partial charge in [-0.15, -0.1) is 0 Å². The molecular weight excluding hydrogens is 527 g/mol. The fourth-order valence-corrected chi connectivity index (χ4v) is 5.34. The van der Waals surface area contributed by atoms with Gasteiger partial charge in [-0.1, -0.05) is 60.3 Å². The van der Waals surface area contributed by atoms with Crippen molar-refractivity contribution < 1.29 is 27.5 Å². The molecule has 2 amide bonds. The first-order chi connectivity index (χ1) is 18.7. The molecule has 1 fully saturated rings. The molecule has 1 N–H and O–H groups in total. The minimum Gasteiger partial charge on any atom is -0.494 e. The van der Waals surface area contributed by atoms with Gasteiger partial charge in [0.15, 0.2) is 0 Å². The van der Waals surface area contributed by atoms with E-state index in [9.17, 15) is 28.0 Å². The summed E-state index contributed by atoms with van der Waals surface area (Å²) in [6.45, 7) is 2.46. The van der Waals surface area contributed by atoms with Crippen LogP contribution in [0, 0.1) is 11.3 Å². The van der Waals surface area contributed by atoms with E-state index in [2.05, 4.69) is 5.32 Å². The number of hydrogen-bond acceptors (Lipinski definition) is 5. The highest BCUT2D eigenvalue weighted by Gasteiger charge is 2.41. The van der Waals surface area contributed by atoms with E-state index in [-0.39, 0.29) is 23.6 Å². The number of nitrogens with zero attached hydrogens (tertiary/aromatic N) is 2. The number of carbonyl (C=O) groups is 2. The number of nitrogens with one attached hydrogen (secondary N) is 1. The Kier molecular flexibility index (Phi) is 8.62. The second-order valence-corrected chi connectivity index (χ2v) is 9.76. The van der Waals surface area contributed by atoms with Crippen molar-refractivity contribution in [2.45, 2.75) is 31.3 Å². The molecule has 1 aliphatic rings. The van der Waals surface area contributed by atoms with E-state index in [4.69, 9.17) is 4.74 Å². The molecule has 1 unspecified atom stereocenters. The molecule has 1 heterocycles. The highest BCUT2D eigenvalue weighted by Crippen LogP contribution is 2.42. The summed E-state index contributed by atoms with van der Waals surface area (Å²) in [6.07, 6.45) is -4.54. The predicted molar refractivity (Wildman–Crippen MR) is 143 cm³/mol. The van der Waals surface area contributed by atoms with Gasteiger partial charge < -0.3 is 10.1 Å². The summed E-state index contributed by atoms with van der Waals surface area (Å²) >= 11 is 0.987. The Hall–Kier alpha value is -4.23. The van der Waals surface area contributed by atoms with E-state index in [0.717, 1.165) is 29.5 Å². The van der Waals surface area contributed by atoms with Crippen LogP contribution in [0.15, 0.2) is 89.5 Å². The minimum atomic E-state index is -4.52. The number of hydrogen-bond donors (Lipinski definition) is 1. The molecule has 10 heteroatoms. The standard InChI is InChI=1S/C29H24F3N3O3S/c1-2-38-23-13-11-22(12-14-23)35-27(37)25(16-20-9-6-10-21(15-20)29(30,31)32)39-28(35)24(17-33)26(36)34-18-19-7-4-3-5-8-19/h3-15,25H,2,16,18H2,1H3,(H,34,36)/b28-24-. The molecule has 200 valence electrons. The monoisotopic (exact) mass is 551 g/mol. The Balaban J connectivity index is 1.68. The number of thioether (sulfide) groups is 1. The Bertz CT molecular complexity index is 1420. The van der Waals surface area contributed by atoms with Gasteiger partial charge in [-0.05, 0) is 54.8 Å². The Morgan fingerprint density at radius 3 is 2.38 bits per heavy atom. The highest BCUT2D eigenvalue weighted by molar-refractivity contribution is 8.05. The van der Waals surface area contributed by atoms with Gasteiger partial charge in [-0.3, -0.25) is 14.5 Å². The van der Waals surface area contributed by atoms with Crippen molar-refractivity contribution in [1.82, 2.24) is 5.32 Å². The first-order valence-electron chi connectivity index (χ1n) is 12.1. The maximum atomic E-state index is 13.6. The Labute approximate surface area is 228 Å². The van der Waals surface area contributed by atoms with Crippen LogP contribution in [0.4, 0.5) is 18.9 Å². The minimum absolute atomic E-state index is 0.0191. The number of nitriles is 1. The number of ether oxygens (including phenoxy) is 1. The molecule has 0 radical (unpaired) electrons. The third kappa shape index (κ3) is 6.62. The third-order valence-corrected chi connectivity index (χ3v) is 7.15. The van der Waals surface area contributed by atoms with Gasteiger partial charge in [-0.2, -0.15) is 18.4 Å². The fraction of sp³-hybridized carbons (Fsp3) is 0.207. The highest BCUT2D eigenvalue weighted by atomic mass is 32.2. The van der Waals surface area contributed by atoms with Gasteiger partial charge in [-0.25, -0.2) is 0 Å². The molecular formula is C29H24F3N3O3S. The number of anilines is 1. The molecule has 1 aliphatic heterocycles. The van der Waals surface area contributed by atoms with Gasteiger partial charge in [0.2, 0.25) is 5.91 Å². The number of benzene rings is 3. The molecule has 1 saturated heterocycles. The lowest BCUT2D eigenvalue weighted by atomic mass is 10.1. The van der Waals surface area contributed by atoms with Crippen molar-refractivity contribution in [2.75, 3.05) is 11.5 Å². The van der Waals surface area contributed by atoms with Gasteiger partial charge >= 0.3 is 6.18 Å². The average molecular weight is 552 g/mol. The molecule has 3 aromatic rings. The maximum absolute atomic E-state index is 13.6. The van der Waals surface area contributed by atoms with Crippen LogP contribution in [0.3, 0.4) is 0 Å². The van der Waals surface area contributed by atoms with Crippen LogP contribution in [-0.2, 0) is 28.7 Å². The van der Waals surface area contributed by atoms with E-state index >= 15 is 0 Å². The largest absolute Gasteiger partial charge is 0.494 e. The topological polar surface area (TPSA) is 82.4 Å². The lowest BCUT2D eigenvalue weighted by Gasteiger charge is -2.19. The molecule has 0 aromatic heterocycles. The normalized spacial score (nSPS) is 16.5. The van der Waals surface area contributed by atoms with Crippen LogP contribution in [0.25, 0.3) is 0 Å². The van der Waals surface area contributed by atoms with Gasteiger partial charge in [0, 0.05) is 12.2 Å². The van der Waals surface area contributed by atoms with Gasteiger partial charge in [0.25, 0.3) is 5.91 Å². The number of amides is 2. The molecule has 0 aliphatic carbocycles.